The van der Waals surface area contributed by atoms with Crippen molar-refractivity contribution in [2.75, 3.05) is 11.5 Å². The van der Waals surface area contributed by atoms with Crippen LogP contribution in [-0.2, 0) is 23.1 Å². The maximum absolute atomic E-state index is 12.0. The molecule has 6 nitrogen and oxygen atoms in total. The molecule has 2 aromatic heterocycles. The number of benzene rings is 1. The molecule has 0 saturated heterocycles. The SMILES string of the molecule is O=S(=O)(CCSc1nncn1CCc1cccs1)Oc1ccccc1. The fourth-order valence-electron chi connectivity index (χ4n) is 2.09. The number of rotatable bonds is 9. The number of nitrogens with zero attached hydrogens (tertiary/aromatic N) is 3. The molecule has 3 rings (SSSR count). The number of thioether (sulfide) groups is 1. The highest BCUT2D eigenvalue weighted by atomic mass is 32.2. The van der Waals surface area contributed by atoms with E-state index in [0.29, 0.717) is 16.7 Å². The number of aryl methyl sites for hydroxylation is 2. The summed E-state index contributed by atoms with van der Waals surface area (Å²) in [5, 5.41) is 10.7. The molecule has 0 aliphatic heterocycles. The van der Waals surface area contributed by atoms with Crippen molar-refractivity contribution in [2.45, 2.75) is 18.1 Å². The van der Waals surface area contributed by atoms with Crippen LogP contribution in [0.25, 0.3) is 0 Å². The van der Waals surface area contributed by atoms with Gasteiger partial charge in [-0.25, -0.2) is 0 Å². The Kier molecular flexibility index (Phi) is 6.11. The van der Waals surface area contributed by atoms with Crippen molar-refractivity contribution >= 4 is 33.2 Å². The van der Waals surface area contributed by atoms with E-state index in [4.69, 9.17) is 4.18 Å². The van der Waals surface area contributed by atoms with Crippen LogP contribution in [0.4, 0.5) is 0 Å². The first kappa shape index (κ1) is 18.0. The van der Waals surface area contributed by atoms with Gasteiger partial charge in [0, 0.05) is 17.2 Å². The average molecular weight is 396 g/mol. The molecule has 9 heteroatoms. The largest absolute Gasteiger partial charge is 0.382 e. The van der Waals surface area contributed by atoms with Gasteiger partial charge >= 0.3 is 10.1 Å². The topological polar surface area (TPSA) is 74.1 Å². The third kappa shape index (κ3) is 5.58. The van der Waals surface area contributed by atoms with Gasteiger partial charge in [0.2, 0.25) is 0 Å². The highest BCUT2D eigenvalue weighted by Crippen LogP contribution is 2.18. The smallest absolute Gasteiger partial charge is 0.310 e. The lowest BCUT2D eigenvalue weighted by Crippen LogP contribution is -2.15. The van der Waals surface area contributed by atoms with Gasteiger partial charge in [-0.2, -0.15) is 8.42 Å². The molecule has 0 atom stereocenters. The zero-order chi connectivity index (χ0) is 17.5. The second-order valence-electron chi connectivity index (χ2n) is 5.14. The third-order valence-electron chi connectivity index (χ3n) is 3.29. The number of hydrogen-bond donors (Lipinski definition) is 0. The van der Waals surface area contributed by atoms with Gasteiger partial charge in [-0.1, -0.05) is 36.0 Å². The van der Waals surface area contributed by atoms with Crippen LogP contribution in [0, 0.1) is 0 Å². The van der Waals surface area contributed by atoms with E-state index < -0.39 is 10.1 Å². The van der Waals surface area contributed by atoms with Crippen LogP contribution in [0.2, 0.25) is 0 Å². The first-order valence-corrected chi connectivity index (χ1v) is 11.1. The first-order chi connectivity index (χ1) is 12.1. The number of hydrogen-bond acceptors (Lipinski definition) is 7. The minimum absolute atomic E-state index is 0.0929. The highest BCUT2D eigenvalue weighted by Gasteiger charge is 2.14. The molecule has 0 N–H and O–H groups in total. The average Bonchev–Trinajstić information content (AvgIpc) is 3.25. The number of aromatic nitrogens is 3. The predicted molar refractivity (Wildman–Crippen MR) is 99.6 cm³/mol. The molecule has 0 aliphatic rings. The first-order valence-electron chi connectivity index (χ1n) is 7.62. The molecule has 0 radical (unpaired) electrons. The van der Waals surface area contributed by atoms with Gasteiger partial charge in [-0.15, -0.1) is 21.5 Å². The van der Waals surface area contributed by atoms with E-state index in [1.165, 1.54) is 16.6 Å². The Labute approximate surface area is 155 Å². The van der Waals surface area contributed by atoms with Gasteiger partial charge in [-0.05, 0) is 30.0 Å². The summed E-state index contributed by atoms with van der Waals surface area (Å²) in [5.41, 5.74) is 0. The van der Waals surface area contributed by atoms with Crippen molar-refractivity contribution in [1.29, 1.82) is 0 Å². The summed E-state index contributed by atoms with van der Waals surface area (Å²) >= 11 is 3.08. The minimum Gasteiger partial charge on any atom is -0.382 e. The molecule has 25 heavy (non-hydrogen) atoms. The highest BCUT2D eigenvalue weighted by molar-refractivity contribution is 8.00. The molecule has 0 unspecified atom stereocenters. The van der Waals surface area contributed by atoms with Crippen molar-refractivity contribution < 1.29 is 12.6 Å². The molecule has 0 bridgehead atoms. The van der Waals surface area contributed by atoms with Crippen molar-refractivity contribution in [3.8, 4) is 5.75 Å². The summed E-state index contributed by atoms with van der Waals surface area (Å²) in [6.45, 7) is 0.767. The summed E-state index contributed by atoms with van der Waals surface area (Å²) in [6.07, 6.45) is 2.57. The molecule has 1 aromatic carbocycles. The van der Waals surface area contributed by atoms with Gasteiger partial charge < -0.3 is 8.75 Å². The Bertz CT molecular complexity index is 878. The van der Waals surface area contributed by atoms with Gasteiger partial charge in [0.05, 0.1) is 5.75 Å². The monoisotopic (exact) mass is 395 g/mol. The van der Waals surface area contributed by atoms with Crippen LogP contribution in [0.15, 0.2) is 59.3 Å². The second kappa shape index (κ2) is 8.50. The fourth-order valence-corrected chi connectivity index (χ4v) is 5.02. The van der Waals surface area contributed by atoms with Crippen LogP contribution >= 0.6 is 23.1 Å². The number of para-hydroxylation sites is 1. The quantitative estimate of drug-likeness (QED) is 0.409. The zero-order valence-electron chi connectivity index (χ0n) is 13.3. The van der Waals surface area contributed by atoms with Crippen LogP contribution in [-0.4, -0.2) is 34.7 Å². The summed E-state index contributed by atoms with van der Waals surface area (Å²) in [6, 6.07) is 12.6. The summed E-state index contributed by atoms with van der Waals surface area (Å²) in [4.78, 5) is 1.29. The number of thiophene rings is 1. The molecule has 2 heterocycles. The van der Waals surface area contributed by atoms with Gasteiger partial charge in [0.25, 0.3) is 0 Å². The summed E-state index contributed by atoms with van der Waals surface area (Å²) in [7, 11) is -3.63. The maximum atomic E-state index is 12.0. The minimum atomic E-state index is -3.63. The van der Waals surface area contributed by atoms with Crippen LogP contribution in [0.5, 0.6) is 5.75 Å². The molecule has 132 valence electrons. The Morgan fingerprint density at radius 2 is 2.00 bits per heavy atom. The van der Waals surface area contributed by atoms with E-state index in [1.54, 1.807) is 48.0 Å². The molecule has 0 saturated carbocycles. The van der Waals surface area contributed by atoms with Crippen molar-refractivity contribution in [3.63, 3.8) is 0 Å². The molecular weight excluding hydrogens is 378 g/mol. The lowest BCUT2D eigenvalue weighted by molar-refractivity contribution is 0.488. The normalized spacial score (nSPS) is 11.5. The molecule has 0 fully saturated rings. The van der Waals surface area contributed by atoms with Crippen LogP contribution in [0.1, 0.15) is 4.88 Å². The van der Waals surface area contributed by atoms with Gasteiger partial charge in [-0.3, -0.25) is 0 Å². The van der Waals surface area contributed by atoms with Gasteiger partial charge in [0.1, 0.15) is 12.1 Å². The van der Waals surface area contributed by atoms with E-state index in [2.05, 4.69) is 21.6 Å². The standard InChI is InChI=1S/C16H17N3O3S3/c20-25(21,22-14-5-2-1-3-6-14)12-11-24-16-18-17-13-19(16)9-8-15-7-4-10-23-15/h1-7,10,13H,8-9,11-12H2. The van der Waals surface area contributed by atoms with Crippen molar-refractivity contribution in [2.24, 2.45) is 0 Å². The Hall–Kier alpha value is -1.84. The second-order valence-corrected chi connectivity index (χ2v) is 8.93. The van der Waals surface area contributed by atoms with Gasteiger partial charge in [0.15, 0.2) is 5.16 Å². The predicted octanol–water partition coefficient (Wildman–Crippen LogP) is 3.08. The van der Waals surface area contributed by atoms with E-state index in [1.807, 2.05) is 10.6 Å². The van der Waals surface area contributed by atoms with E-state index in [-0.39, 0.29) is 5.75 Å². The lowest BCUT2D eigenvalue weighted by atomic mass is 10.3. The van der Waals surface area contributed by atoms with Crippen molar-refractivity contribution in [1.82, 2.24) is 14.8 Å². The third-order valence-corrected chi connectivity index (χ3v) is 6.62. The van der Waals surface area contributed by atoms with E-state index in [9.17, 15) is 8.42 Å². The molecule has 0 amide bonds. The Balaban J connectivity index is 1.49. The summed E-state index contributed by atoms with van der Waals surface area (Å²) in [5.74, 6) is 0.587. The zero-order valence-corrected chi connectivity index (χ0v) is 15.8. The maximum Gasteiger partial charge on any atom is 0.310 e. The molecule has 0 aliphatic carbocycles. The van der Waals surface area contributed by atoms with Crippen LogP contribution in [0.3, 0.4) is 0 Å². The fraction of sp³-hybridized carbons (Fsp3) is 0.250. The van der Waals surface area contributed by atoms with Crippen LogP contribution < -0.4 is 4.18 Å². The van der Waals surface area contributed by atoms with Crippen molar-refractivity contribution in [3.05, 3.63) is 59.0 Å². The van der Waals surface area contributed by atoms with E-state index in [0.717, 1.165) is 13.0 Å². The molecule has 3 aromatic rings. The molecular formula is C16H17N3O3S3. The van der Waals surface area contributed by atoms with E-state index >= 15 is 0 Å². The molecule has 0 spiro atoms. The Morgan fingerprint density at radius 1 is 1.16 bits per heavy atom. The summed E-state index contributed by atoms with van der Waals surface area (Å²) < 4.78 is 31.0. The lowest BCUT2D eigenvalue weighted by Gasteiger charge is -2.07. The Morgan fingerprint density at radius 3 is 2.76 bits per heavy atom.